The van der Waals surface area contributed by atoms with Crippen molar-refractivity contribution in [2.75, 3.05) is 45.8 Å². The Kier molecular flexibility index (Phi) is 7.28. The van der Waals surface area contributed by atoms with Crippen LogP contribution in [0.4, 0.5) is 5.69 Å². The molecule has 0 saturated carbocycles. The molecule has 0 aromatic heterocycles. The summed E-state index contributed by atoms with van der Waals surface area (Å²) in [5.41, 5.74) is 0.471. The largest absolute Gasteiger partial charge is 0.465 e. The highest BCUT2D eigenvalue weighted by Crippen LogP contribution is 2.19. The molecule has 1 fully saturated rings. The second kappa shape index (κ2) is 9.45. The van der Waals surface area contributed by atoms with Crippen LogP contribution in [0, 0.1) is 5.92 Å². The Morgan fingerprint density at radius 2 is 1.74 bits per heavy atom. The van der Waals surface area contributed by atoms with Crippen LogP contribution in [-0.2, 0) is 14.3 Å². The zero-order chi connectivity index (χ0) is 20.0. The van der Waals surface area contributed by atoms with Crippen LogP contribution in [0.3, 0.4) is 0 Å². The molecule has 1 saturated heterocycles. The summed E-state index contributed by atoms with van der Waals surface area (Å²) in [7, 11) is 2.43. The first-order valence-electron chi connectivity index (χ1n) is 8.50. The lowest BCUT2D eigenvalue weighted by molar-refractivity contribution is -0.118. The van der Waals surface area contributed by atoms with Gasteiger partial charge in [-0.3, -0.25) is 9.69 Å². The number of β-amino-alcohol motifs (C(OH)–C–C–N with tert-alkyl or cyclic N) is 1. The van der Waals surface area contributed by atoms with Gasteiger partial charge in [0.15, 0.2) is 0 Å². The Morgan fingerprint density at radius 1 is 1.15 bits per heavy atom. The number of nitrogens with zero attached hydrogens (tertiary/aromatic N) is 1. The summed E-state index contributed by atoms with van der Waals surface area (Å²) in [5, 5.41) is 21.8. The van der Waals surface area contributed by atoms with Crippen LogP contribution in [0.25, 0.3) is 0 Å². The van der Waals surface area contributed by atoms with Crippen LogP contribution in [-0.4, -0.2) is 79.5 Å². The van der Waals surface area contributed by atoms with E-state index in [1.54, 1.807) is 4.90 Å². The molecule has 9 nitrogen and oxygen atoms in total. The minimum atomic E-state index is -0.690. The molecule has 27 heavy (non-hydrogen) atoms. The number of benzene rings is 1. The normalized spacial score (nSPS) is 20.0. The van der Waals surface area contributed by atoms with Crippen molar-refractivity contribution in [2.24, 2.45) is 5.92 Å². The number of amides is 1. The van der Waals surface area contributed by atoms with Crippen LogP contribution in [0.15, 0.2) is 18.2 Å². The molecule has 0 aliphatic carbocycles. The molecule has 1 aromatic rings. The lowest BCUT2D eigenvalue weighted by Crippen LogP contribution is -2.47. The Labute approximate surface area is 156 Å². The number of methoxy groups -OCH3 is 2. The predicted octanol–water partition coefficient (Wildman–Crippen LogP) is -0.127. The van der Waals surface area contributed by atoms with Crippen LogP contribution in [0.5, 0.6) is 0 Å². The molecule has 1 aromatic carbocycles. The van der Waals surface area contributed by atoms with E-state index >= 15 is 0 Å². The first-order chi connectivity index (χ1) is 12.9. The monoisotopic (exact) mass is 380 g/mol. The van der Waals surface area contributed by atoms with E-state index < -0.39 is 18.0 Å². The zero-order valence-corrected chi connectivity index (χ0v) is 15.3. The molecule has 0 spiro atoms. The molecule has 148 valence electrons. The van der Waals surface area contributed by atoms with E-state index in [2.05, 4.69) is 14.8 Å². The van der Waals surface area contributed by atoms with Gasteiger partial charge in [-0.05, 0) is 31.2 Å². The molecule has 2 rings (SSSR count). The number of piperidine rings is 1. The molecular formula is C18H24N2O7. The van der Waals surface area contributed by atoms with Gasteiger partial charge in [0.25, 0.3) is 0 Å². The van der Waals surface area contributed by atoms with Gasteiger partial charge in [-0.2, -0.15) is 0 Å². The second-order valence-electron chi connectivity index (χ2n) is 6.36. The summed E-state index contributed by atoms with van der Waals surface area (Å²) in [6.45, 7) is 0.808. The first-order valence-corrected chi connectivity index (χ1v) is 8.50. The number of hydrogen-bond donors (Lipinski definition) is 3. The van der Waals surface area contributed by atoms with Crippen LogP contribution in [0.1, 0.15) is 27.1 Å². The molecule has 2 atom stereocenters. The van der Waals surface area contributed by atoms with Crippen molar-refractivity contribution in [3.63, 3.8) is 0 Å². The fourth-order valence-corrected chi connectivity index (χ4v) is 2.98. The maximum atomic E-state index is 12.3. The number of anilines is 1. The van der Waals surface area contributed by atoms with E-state index in [1.807, 2.05) is 0 Å². The smallest absolute Gasteiger partial charge is 0.337 e. The van der Waals surface area contributed by atoms with Crippen molar-refractivity contribution in [2.45, 2.75) is 12.5 Å². The van der Waals surface area contributed by atoms with E-state index in [9.17, 15) is 24.6 Å². The Bertz CT molecular complexity index is 673. The molecular weight excluding hydrogens is 356 g/mol. The number of likely N-dealkylation sites (tertiary alicyclic amines) is 1. The van der Waals surface area contributed by atoms with Gasteiger partial charge in [-0.1, -0.05) is 0 Å². The SMILES string of the molecule is COC(=O)c1cc(NC(=O)CN2CCC(CO)C(O)C2)cc(C(=O)OC)c1. The number of aliphatic hydroxyl groups excluding tert-OH is 2. The van der Waals surface area contributed by atoms with Crippen molar-refractivity contribution < 1.29 is 34.1 Å². The number of aliphatic hydroxyl groups is 2. The van der Waals surface area contributed by atoms with Gasteiger partial charge in [0.05, 0.1) is 38.0 Å². The lowest BCUT2D eigenvalue weighted by Gasteiger charge is -2.34. The Balaban J connectivity index is 2.08. The fraction of sp³-hybridized carbons (Fsp3) is 0.500. The van der Waals surface area contributed by atoms with Crippen molar-refractivity contribution in [3.8, 4) is 0 Å². The average molecular weight is 380 g/mol. The van der Waals surface area contributed by atoms with Crippen LogP contribution in [0.2, 0.25) is 0 Å². The zero-order valence-electron chi connectivity index (χ0n) is 15.3. The van der Waals surface area contributed by atoms with Gasteiger partial charge >= 0.3 is 11.9 Å². The maximum absolute atomic E-state index is 12.3. The fourth-order valence-electron chi connectivity index (χ4n) is 2.98. The van der Waals surface area contributed by atoms with E-state index in [0.29, 0.717) is 13.0 Å². The van der Waals surface area contributed by atoms with Crippen LogP contribution < -0.4 is 5.32 Å². The highest BCUT2D eigenvalue weighted by Gasteiger charge is 2.28. The van der Waals surface area contributed by atoms with Gasteiger partial charge in [-0.25, -0.2) is 9.59 Å². The predicted molar refractivity (Wildman–Crippen MR) is 95.4 cm³/mol. The van der Waals surface area contributed by atoms with E-state index in [-0.39, 0.29) is 48.3 Å². The summed E-state index contributed by atoms with van der Waals surface area (Å²) in [6, 6.07) is 4.13. The minimum Gasteiger partial charge on any atom is -0.465 e. The van der Waals surface area contributed by atoms with Crippen molar-refractivity contribution >= 4 is 23.5 Å². The summed E-state index contributed by atoms with van der Waals surface area (Å²) >= 11 is 0. The summed E-state index contributed by atoms with van der Waals surface area (Å²) in [6.07, 6.45) is -0.0972. The molecule has 1 amide bonds. The third kappa shape index (κ3) is 5.49. The average Bonchev–Trinajstić information content (AvgIpc) is 2.66. The van der Waals surface area contributed by atoms with E-state index in [0.717, 1.165) is 0 Å². The van der Waals surface area contributed by atoms with Gasteiger partial charge in [0.1, 0.15) is 0 Å². The number of carbonyl (C=O) groups is 3. The molecule has 0 bridgehead atoms. The molecule has 1 aliphatic rings. The third-order valence-corrected chi connectivity index (χ3v) is 4.47. The number of ether oxygens (including phenoxy) is 2. The van der Waals surface area contributed by atoms with Crippen LogP contribution >= 0.6 is 0 Å². The van der Waals surface area contributed by atoms with Crippen molar-refractivity contribution in [3.05, 3.63) is 29.3 Å². The van der Waals surface area contributed by atoms with Crippen molar-refractivity contribution in [1.82, 2.24) is 4.90 Å². The molecule has 0 radical (unpaired) electrons. The number of hydrogen-bond acceptors (Lipinski definition) is 8. The highest BCUT2D eigenvalue weighted by molar-refractivity contribution is 5.99. The van der Waals surface area contributed by atoms with E-state index in [4.69, 9.17) is 0 Å². The number of esters is 2. The molecule has 2 unspecified atom stereocenters. The number of carbonyl (C=O) groups excluding carboxylic acids is 3. The maximum Gasteiger partial charge on any atom is 0.337 e. The van der Waals surface area contributed by atoms with Gasteiger partial charge in [0, 0.05) is 24.8 Å². The van der Waals surface area contributed by atoms with Gasteiger partial charge in [0.2, 0.25) is 5.91 Å². The molecule has 9 heteroatoms. The topological polar surface area (TPSA) is 125 Å². The quantitative estimate of drug-likeness (QED) is 0.583. The summed E-state index contributed by atoms with van der Waals surface area (Å²) < 4.78 is 9.32. The Morgan fingerprint density at radius 3 is 2.22 bits per heavy atom. The van der Waals surface area contributed by atoms with E-state index in [1.165, 1.54) is 32.4 Å². The minimum absolute atomic E-state index is 0.0330. The first kappa shape index (κ1) is 20.8. The third-order valence-electron chi connectivity index (χ3n) is 4.47. The second-order valence-corrected chi connectivity index (χ2v) is 6.36. The standard InChI is InChI=1S/C18H24N2O7/c1-26-17(24)12-5-13(18(25)27-2)7-14(6-12)19-16(23)9-20-4-3-11(10-21)15(22)8-20/h5-7,11,15,21-22H,3-4,8-10H2,1-2H3,(H,19,23). The van der Waals surface area contributed by atoms with Gasteiger partial charge < -0.3 is 25.0 Å². The summed E-state index contributed by atoms with van der Waals surface area (Å²) in [4.78, 5) is 37.7. The molecule has 1 aliphatic heterocycles. The number of rotatable bonds is 6. The van der Waals surface area contributed by atoms with Crippen molar-refractivity contribution in [1.29, 1.82) is 0 Å². The highest BCUT2D eigenvalue weighted by atomic mass is 16.5. The van der Waals surface area contributed by atoms with Gasteiger partial charge in [-0.15, -0.1) is 0 Å². The summed E-state index contributed by atoms with van der Waals surface area (Å²) in [5.74, 6) is -1.83. The molecule has 3 N–H and O–H groups in total. The molecule has 1 heterocycles. The lowest BCUT2D eigenvalue weighted by atomic mass is 9.95. The number of nitrogens with one attached hydrogen (secondary N) is 1. The Hall–Kier alpha value is -2.49.